The van der Waals surface area contributed by atoms with Crippen molar-refractivity contribution in [2.24, 2.45) is 0 Å². The Bertz CT molecular complexity index is 815. The molecule has 1 aromatic carbocycles. The average Bonchev–Trinajstić information content (AvgIpc) is 3.15. The van der Waals surface area contributed by atoms with Crippen molar-refractivity contribution >= 4 is 27.6 Å². The smallest absolute Gasteiger partial charge is 0.182 e. The normalized spacial score (nSPS) is 11.2. The van der Waals surface area contributed by atoms with Crippen LogP contribution in [0.5, 0.6) is 0 Å². The molecule has 0 spiro atoms. The van der Waals surface area contributed by atoms with Crippen molar-refractivity contribution < 1.29 is 0 Å². The first-order valence-electron chi connectivity index (χ1n) is 5.73. The van der Waals surface area contributed by atoms with E-state index >= 15 is 0 Å². The van der Waals surface area contributed by atoms with E-state index in [-0.39, 0.29) is 0 Å². The molecular weight excluding hydrogens is 276 g/mol. The van der Waals surface area contributed by atoms with Gasteiger partial charge in [-0.2, -0.15) is 9.61 Å². The van der Waals surface area contributed by atoms with Gasteiger partial charge in [-0.1, -0.05) is 47.7 Å². The van der Waals surface area contributed by atoms with Crippen LogP contribution in [0.15, 0.2) is 47.8 Å². The molecule has 92 valence electrons. The molecule has 0 aliphatic rings. The van der Waals surface area contributed by atoms with Crippen LogP contribution in [-0.4, -0.2) is 19.8 Å². The molecule has 4 nitrogen and oxygen atoms in total. The van der Waals surface area contributed by atoms with E-state index in [1.54, 1.807) is 22.7 Å². The molecule has 3 aromatic heterocycles. The van der Waals surface area contributed by atoms with Crippen molar-refractivity contribution in [3.8, 4) is 21.3 Å². The molecular formula is C13H8N4S2. The third kappa shape index (κ3) is 1.76. The lowest BCUT2D eigenvalue weighted by Gasteiger charge is -1.95. The Morgan fingerprint density at radius 3 is 2.63 bits per heavy atom. The van der Waals surface area contributed by atoms with Gasteiger partial charge in [0.2, 0.25) is 4.96 Å². The Hall–Kier alpha value is -2.05. The highest BCUT2D eigenvalue weighted by Gasteiger charge is 2.14. The van der Waals surface area contributed by atoms with E-state index in [4.69, 9.17) is 0 Å². The lowest BCUT2D eigenvalue weighted by molar-refractivity contribution is 0.972. The zero-order chi connectivity index (χ0) is 12.7. The second-order valence-corrected chi connectivity index (χ2v) is 5.87. The molecule has 4 rings (SSSR count). The zero-order valence-corrected chi connectivity index (χ0v) is 11.4. The fourth-order valence-electron chi connectivity index (χ4n) is 1.88. The van der Waals surface area contributed by atoms with E-state index in [1.807, 2.05) is 40.9 Å². The van der Waals surface area contributed by atoms with Gasteiger partial charge in [-0.25, -0.2) is 0 Å². The summed E-state index contributed by atoms with van der Waals surface area (Å²) in [5.41, 5.74) is 1.03. The Morgan fingerprint density at radius 2 is 1.84 bits per heavy atom. The van der Waals surface area contributed by atoms with Gasteiger partial charge in [0.25, 0.3) is 0 Å². The second-order valence-electron chi connectivity index (χ2n) is 3.97. The van der Waals surface area contributed by atoms with Gasteiger partial charge in [0.05, 0.1) is 4.88 Å². The number of nitrogens with zero attached hydrogens (tertiary/aromatic N) is 4. The van der Waals surface area contributed by atoms with Crippen LogP contribution < -0.4 is 0 Å². The number of benzene rings is 1. The summed E-state index contributed by atoms with van der Waals surface area (Å²) in [7, 11) is 0. The highest BCUT2D eigenvalue weighted by atomic mass is 32.1. The van der Waals surface area contributed by atoms with Crippen LogP contribution in [0.25, 0.3) is 26.2 Å². The number of aromatic nitrogens is 4. The summed E-state index contributed by atoms with van der Waals surface area (Å²) in [6, 6.07) is 14.1. The lowest BCUT2D eigenvalue weighted by atomic mass is 10.2. The second kappa shape index (κ2) is 4.25. The van der Waals surface area contributed by atoms with Crippen molar-refractivity contribution in [1.82, 2.24) is 19.8 Å². The van der Waals surface area contributed by atoms with E-state index in [0.29, 0.717) is 0 Å². The molecule has 0 amide bonds. The Kier molecular flexibility index (Phi) is 2.43. The molecule has 0 saturated heterocycles. The lowest BCUT2D eigenvalue weighted by Crippen LogP contribution is -1.90. The minimum atomic E-state index is 0.787. The molecule has 4 aromatic rings. The quantitative estimate of drug-likeness (QED) is 0.565. The van der Waals surface area contributed by atoms with Gasteiger partial charge in [0.1, 0.15) is 0 Å². The first-order valence-corrected chi connectivity index (χ1v) is 7.43. The van der Waals surface area contributed by atoms with E-state index < -0.39 is 0 Å². The summed E-state index contributed by atoms with van der Waals surface area (Å²) in [4.78, 5) is 1.98. The van der Waals surface area contributed by atoms with E-state index in [0.717, 1.165) is 26.2 Å². The van der Waals surface area contributed by atoms with Crippen LogP contribution >= 0.6 is 22.7 Å². The molecule has 0 unspecified atom stereocenters. The van der Waals surface area contributed by atoms with Gasteiger partial charge >= 0.3 is 0 Å². The Labute approximate surface area is 117 Å². The summed E-state index contributed by atoms with van der Waals surface area (Å²) in [5.74, 6) is 0.787. The van der Waals surface area contributed by atoms with E-state index in [2.05, 4.69) is 26.7 Å². The monoisotopic (exact) mass is 284 g/mol. The number of hydrogen-bond acceptors (Lipinski definition) is 5. The highest BCUT2D eigenvalue weighted by Crippen LogP contribution is 2.30. The van der Waals surface area contributed by atoms with Crippen LogP contribution in [0.3, 0.4) is 0 Å². The van der Waals surface area contributed by atoms with Crippen molar-refractivity contribution in [3.63, 3.8) is 0 Å². The summed E-state index contributed by atoms with van der Waals surface area (Å²) >= 11 is 3.24. The molecule has 0 atom stereocenters. The molecule has 0 fully saturated rings. The predicted molar refractivity (Wildman–Crippen MR) is 77.4 cm³/mol. The maximum absolute atomic E-state index is 4.61. The van der Waals surface area contributed by atoms with Crippen molar-refractivity contribution in [1.29, 1.82) is 0 Å². The largest absolute Gasteiger partial charge is 0.235 e. The summed E-state index contributed by atoms with van der Waals surface area (Å²) in [6.45, 7) is 0. The topological polar surface area (TPSA) is 43.1 Å². The zero-order valence-electron chi connectivity index (χ0n) is 9.72. The molecule has 3 heterocycles. The van der Waals surface area contributed by atoms with Gasteiger partial charge in [0.15, 0.2) is 10.8 Å². The van der Waals surface area contributed by atoms with Crippen LogP contribution in [0.4, 0.5) is 0 Å². The standard InChI is InChI=1S/C13H8N4S2/c1-2-5-9(6-3-1)11-14-15-13-17(11)16-12(19-13)10-7-4-8-18-10/h1-8H. The van der Waals surface area contributed by atoms with E-state index in [9.17, 15) is 0 Å². The first kappa shape index (κ1) is 10.8. The molecule has 0 saturated carbocycles. The summed E-state index contributed by atoms with van der Waals surface area (Å²) < 4.78 is 1.81. The van der Waals surface area contributed by atoms with Gasteiger partial charge < -0.3 is 0 Å². The van der Waals surface area contributed by atoms with Gasteiger partial charge in [-0.15, -0.1) is 21.5 Å². The maximum atomic E-state index is 4.61. The van der Waals surface area contributed by atoms with Crippen LogP contribution in [0.2, 0.25) is 0 Å². The van der Waals surface area contributed by atoms with Crippen LogP contribution in [0, 0.1) is 0 Å². The number of fused-ring (bicyclic) bond motifs is 1. The molecule has 0 N–H and O–H groups in total. The third-order valence-corrected chi connectivity index (χ3v) is 4.69. The van der Waals surface area contributed by atoms with Crippen molar-refractivity contribution in [3.05, 3.63) is 47.8 Å². The fraction of sp³-hybridized carbons (Fsp3) is 0. The van der Waals surface area contributed by atoms with Gasteiger partial charge in [-0.3, -0.25) is 0 Å². The Morgan fingerprint density at radius 1 is 0.947 bits per heavy atom. The summed E-state index contributed by atoms with van der Waals surface area (Å²) in [5, 5.41) is 16.1. The van der Waals surface area contributed by atoms with Crippen molar-refractivity contribution in [2.45, 2.75) is 0 Å². The van der Waals surface area contributed by atoms with Crippen molar-refractivity contribution in [2.75, 3.05) is 0 Å². The van der Waals surface area contributed by atoms with Gasteiger partial charge in [-0.05, 0) is 11.4 Å². The van der Waals surface area contributed by atoms with Gasteiger partial charge in [0, 0.05) is 5.56 Å². The minimum absolute atomic E-state index is 0.787. The van der Waals surface area contributed by atoms with Crippen LogP contribution in [0.1, 0.15) is 0 Å². The molecule has 0 bridgehead atoms. The molecule has 0 aliphatic heterocycles. The summed E-state index contributed by atoms with van der Waals surface area (Å²) in [6.07, 6.45) is 0. The first-order chi connectivity index (χ1) is 9.42. The molecule has 6 heteroatoms. The maximum Gasteiger partial charge on any atom is 0.235 e. The number of thiophene rings is 1. The fourth-order valence-corrected chi connectivity index (χ4v) is 3.52. The molecule has 19 heavy (non-hydrogen) atoms. The molecule has 0 aliphatic carbocycles. The van der Waals surface area contributed by atoms with E-state index in [1.165, 1.54) is 0 Å². The average molecular weight is 284 g/mol. The van der Waals surface area contributed by atoms with Crippen LogP contribution in [-0.2, 0) is 0 Å². The third-order valence-electron chi connectivity index (χ3n) is 2.75. The Balaban J connectivity index is 1.90. The number of rotatable bonds is 2. The minimum Gasteiger partial charge on any atom is -0.182 e. The highest BCUT2D eigenvalue weighted by molar-refractivity contribution is 7.23. The molecule has 0 radical (unpaired) electrons. The SMILES string of the molecule is c1ccc(-c2nnc3sc(-c4cccs4)nn23)cc1. The predicted octanol–water partition coefficient (Wildman–Crippen LogP) is 3.58. The number of hydrogen-bond donors (Lipinski definition) is 0.